The largest absolute Gasteiger partial charge is 0.339 e. The highest BCUT2D eigenvalue weighted by molar-refractivity contribution is 5.93. The van der Waals surface area contributed by atoms with Crippen LogP contribution in [-0.4, -0.2) is 53.4 Å². The lowest BCUT2D eigenvalue weighted by molar-refractivity contribution is 0.0609. The molecule has 4 nitrogen and oxygen atoms in total. The van der Waals surface area contributed by atoms with Crippen LogP contribution in [0.15, 0.2) is 36.7 Å². The zero-order valence-electron chi connectivity index (χ0n) is 14.2. The molecule has 1 fully saturated rings. The standard InChI is InChI=1S/C19H27N3O/c1-3-21(2)17-6-8-19(9-7-17)10-13-22(14-11-19)18(23)16-5-4-12-20-15-16/h4-6,8,12,15,17H,3,7,9-11,13-14H2,1-2H3/t17-/m0/s1. The van der Waals surface area contributed by atoms with Crippen LogP contribution in [0.2, 0.25) is 0 Å². The molecule has 1 amide bonds. The van der Waals surface area contributed by atoms with Crippen molar-refractivity contribution >= 4 is 5.91 Å². The van der Waals surface area contributed by atoms with E-state index >= 15 is 0 Å². The van der Waals surface area contributed by atoms with Crippen LogP contribution in [0.5, 0.6) is 0 Å². The van der Waals surface area contributed by atoms with Crippen LogP contribution in [0, 0.1) is 5.41 Å². The van der Waals surface area contributed by atoms with Gasteiger partial charge in [0.25, 0.3) is 5.91 Å². The quantitative estimate of drug-likeness (QED) is 0.805. The van der Waals surface area contributed by atoms with E-state index in [9.17, 15) is 4.79 Å². The third kappa shape index (κ3) is 3.47. The van der Waals surface area contributed by atoms with Gasteiger partial charge in [0, 0.05) is 31.5 Å². The van der Waals surface area contributed by atoms with Crippen LogP contribution in [0.1, 0.15) is 43.0 Å². The van der Waals surface area contributed by atoms with E-state index in [4.69, 9.17) is 0 Å². The number of carbonyl (C=O) groups is 1. The van der Waals surface area contributed by atoms with Crippen LogP contribution in [-0.2, 0) is 0 Å². The molecule has 124 valence electrons. The maximum atomic E-state index is 12.5. The fourth-order valence-corrected chi connectivity index (χ4v) is 3.78. The van der Waals surface area contributed by atoms with Crippen LogP contribution in [0.3, 0.4) is 0 Å². The summed E-state index contributed by atoms with van der Waals surface area (Å²) in [5.74, 6) is 0.122. The molecule has 1 saturated heterocycles. The number of likely N-dealkylation sites (tertiary alicyclic amines) is 1. The summed E-state index contributed by atoms with van der Waals surface area (Å²) in [6.45, 7) is 5.01. The minimum Gasteiger partial charge on any atom is -0.339 e. The third-order valence-electron chi connectivity index (χ3n) is 5.63. The second kappa shape index (κ2) is 6.83. The Kier molecular flexibility index (Phi) is 4.81. The third-order valence-corrected chi connectivity index (χ3v) is 5.63. The zero-order chi connectivity index (χ0) is 16.3. The summed E-state index contributed by atoms with van der Waals surface area (Å²) in [6, 6.07) is 4.26. The Balaban J connectivity index is 1.60. The van der Waals surface area contributed by atoms with Crippen molar-refractivity contribution in [1.29, 1.82) is 0 Å². The van der Waals surface area contributed by atoms with Crippen molar-refractivity contribution in [2.75, 3.05) is 26.7 Å². The molecule has 3 rings (SSSR count). The molecule has 23 heavy (non-hydrogen) atoms. The molecule has 0 bridgehead atoms. The molecular weight excluding hydrogens is 286 g/mol. The average molecular weight is 313 g/mol. The molecule has 0 aromatic carbocycles. The van der Waals surface area contributed by atoms with Crippen molar-refractivity contribution in [1.82, 2.24) is 14.8 Å². The number of hydrogen-bond donors (Lipinski definition) is 0. The number of piperidine rings is 1. The van der Waals surface area contributed by atoms with Gasteiger partial charge in [-0.1, -0.05) is 19.1 Å². The first-order chi connectivity index (χ1) is 11.1. The number of pyridine rings is 1. The molecule has 0 radical (unpaired) electrons. The molecule has 1 atom stereocenters. The number of nitrogens with zero attached hydrogens (tertiary/aromatic N) is 3. The van der Waals surface area contributed by atoms with Gasteiger partial charge in [0.15, 0.2) is 0 Å². The van der Waals surface area contributed by atoms with Gasteiger partial charge in [-0.25, -0.2) is 0 Å². The molecule has 0 N–H and O–H groups in total. The van der Waals surface area contributed by atoms with Crippen molar-refractivity contribution in [2.24, 2.45) is 5.41 Å². The highest BCUT2D eigenvalue weighted by atomic mass is 16.2. The number of hydrogen-bond acceptors (Lipinski definition) is 3. The number of carbonyl (C=O) groups excluding carboxylic acids is 1. The minimum atomic E-state index is 0.122. The summed E-state index contributed by atoms with van der Waals surface area (Å²) in [5.41, 5.74) is 1.02. The Bertz CT molecular complexity index is 561. The second-order valence-electron chi connectivity index (χ2n) is 6.93. The molecule has 2 heterocycles. The maximum Gasteiger partial charge on any atom is 0.255 e. The summed E-state index contributed by atoms with van der Waals surface area (Å²) in [4.78, 5) is 21.0. The average Bonchev–Trinajstić information content (AvgIpc) is 2.62. The summed E-state index contributed by atoms with van der Waals surface area (Å²) in [5, 5.41) is 0. The molecule has 0 unspecified atom stereocenters. The van der Waals surface area contributed by atoms with Crippen molar-refractivity contribution in [2.45, 2.75) is 38.6 Å². The van der Waals surface area contributed by atoms with Gasteiger partial charge in [0.05, 0.1) is 5.56 Å². The van der Waals surface area contributed by atoms with E-state index in [-0.39, 0.29) is 5.91 Å². The van der Waals surface area contributed by atoms with Crippen molar-refractivity contribution in [3.8, 4) is 0 Å². The van der Waals surface area contributed by atoms with Crippen LogP contribution >= 0.6 is 0 Å². The van der Waals surface area contributed by atoms with Crippen molar-refractivity contribution < 1.29 is 4.79 Å². The predicted molar refractivity (Wildman–Crippen MR) is 92.3 cm³/mol. The highest BCUT2D eigenvalue weighted by Crippen LogP contribution is 2.41. The van der Waals surface area contributed by atoms with E-state index in [0.717, 1.165) is 32.5 Å². The van der Waals surface area contributed by atoms with Gasteiger partial charge in [0.2, 0.25) is 0 Å². The Morgan fingerprint density at radius 1 is 1.39 bits per heavy atom. The zero-order valence-corrected chi connectivity index (χ0v) is 14.2. The van der Waals surface area contributed by atoms with E-state index in [1.807, 2.05) is 17.0 Å². The molecule has 1 aliphatic heterocycles. The van der Waals surface area contributed by atoms with E-state index < -0.39 is 0 Å². The molecule has 1 aliphatic carbocycles. The monoisotopic (exact) mass is 313 g/mol. The number of likely N-dealkylation sites (N-methyl/N-ethyl adjacent to an activating group) is 1. The Hall–Kier alpha value is -1.68. The van der Waals surface area contributed by atoms with Crippen LogP contribution in [0.4, 0.5) is 0 Å². The normalized spacial score (nSPS) is 23.4. The fourth-order valence-electron chi connectivity index (χ4n) is 3.78. The van der Waals surface area contributed by atoms with Crippen molar-refractivity contribution in [3.63, 3.8) is 0 Å². The Morgan fingerprint density at radius 3 is 2.74 bits per heavy atom. The number of aromatic nitrogens is 1. The van der Waals surface area contributed by atoms with Crippen LogP contribution < -0.4 is 0 Å². The van der Waals surface area contributed by atoms with Gasteiger partial charge in [-0.05, 0) is 56.8 Å². The van der Waals surface area contributed by atoms with Crippen molar-refractivity contribution in [3.05, 3.63) is 42.2 Å². The molecule has 4 heteroatoms. The summed E-state index contributed by atoms with van der Waals surface area (Å²) in [6.07, 6.45) is 12.8. The summed E-state index contributed by atoms with van der Waals surface area (Å²) < 4.78 is 0. The first kappa shape index (κ1) is 16.2. The maximum absolute atomic E-state index is 12.5. The van der Waals surface area contributed by atoms with Gasteiger partial charge in [-0.2, -0.15) is 0 Å². The number of amides is 1. The predicted octanol–water partition coefficient (Wildman–Crippen LogP) is 2.97. The van der Waals surface area contributed by atoms with Gasteiger partial charge in [-0.3, -0.25) is 9.78 Å². The summed E-state index contributed by atoms with van der Waals surface area (Å²) in [7, 11) is 2.20. The lowest BCUT2D eigenvalue weighted by Crippen LogP contribution is -2.44. The number of rotatable bonds is 3. The first-order valence-electron chi connectivity index (χ1n) is 8.72. The molecular formula is C19H27N3O. The van der Waals surface area contributed by atoms with Gasteiger partial charge >= 0.3 is 0 Å². The SMILES string of the molecule is CCN(C)[C@H]1C=CC2(CC1)CCN(C(=O)c1cccnc1)CC2. The summed E-state index contributed by atoms with van der Waals surface area (Å²) >= 11 is 0. The minimum absolute atomic E-state index is 0.122. The number of allylic oxidation sites excluding steroid dienone is 1. The first-order valence-corrected chi connectivity index (χ1v) is 8.72. The lowest BCUT2D eigenvalue weighted by Gasteiger charge is -2.43. The van der Waals surface area contributed by atoms with E-state index in [1.54, 1.807) is 12.4 Å². The van der Waals surface area contributed by atoms with E-state index in [2.05, 4.69) is 36.0 Å². The molecule has 1 aromatic rings. The highest BCUT2D eigenvalue weighted by Gasteiger charge is 2.36. The lowest BCUT2D eigenvalue weighted by atomic mass is 9.71. The van der Waals surface area contributed by atoms with Gasteiger partial charge in [0.1, 0.15) is 0 Å². The Labute approximate surface area is 139 Å². The van der Waals surface area contributed by atoms with E-state index in [0.29, 0.717) is 17.0 Å². The van der Waals surface area contributed by atoms with Crippen LogP contribution in [0.25, 0.3) is 0 Å². The van der Waals surface area contributed by atoms with Gasteiger partial charge < -0.3 is 9.80 Å². The topological polar surface area (TPSA) is 36.4 Å². The molecule has 1 aromatic heterocycles. The smallest absolute Gasteiger partial charge is 0.255 e. The fraction of sp³-hybridized carbons (Fsp3) is 0.579. The second-order valence-corrected chi connectivity index (χ2v) is 6.93. The molecule has 2 aliphatic rings. The molecule has 1 spiro atoms. The van der Waals surface area contributed by atoms with E-state index in [1.165, 1.54) is 12.8 Å². The molecule has 0 saturated carbocycles. The Morgan fingerprint density at radius 2 is 2.17 bits per heavy atom. The van der Waals surface area contributed by atoms with Gasteiger partial charge in [-0.15, -0.1) is 0 Å².